The van der Waals surface area contributed by atoms with Crippen molar-refractivity contribution < 1.29 is 19.4 Å². The van der Waals surface area contributed by atoms with E-state index in [1.54, 1.807) is 4.90 Å². The second kappa shape index (κ2) is 6.04. The number of ether oxygens (including phenoxy) is 1. The minimum absolute atomic E-state index is 0.149. The van der Waals surface area contributed by atoms with Crippen molar-refractivity contribution in [2.45, 2.75) is 19.3 Å². The van der Waals surface area contributed by atoms with E-state index in [4.69, 9.17) is 9.84 Å². The van der Waals surface area contributed by atoms with Crippen LogP contribution < -0.4 is 5.32 Å². The fraction of sp³-hybridized carbons (Fsp3) is 0.833. The maximum atomic E-state index is 11.8. The van der Waals surface area contributed by atoms with Crippen LogP contribution in [0.25, 0.3) is 0 Å². The maximum Gasteiger partial charge on any atom is 0.317 e. The average Bonchev–Trinajstić information content (AvgIpc) is 2.87. The first kappa shape index (κ1) is 13.1. The molecule has 0 aromatic heterocycles. The molecule has 0 bridgehead atoms. The molecule has 2 saturated heterocycles. The largest absolute Gasteiger partial charge is 0.481 e. The molecule has 2 rings (SSSR count). The van der Waals surface area contributed by atoms with Crippen molar-refractivity contribution in [2.24, 2.45) is 11.8 Å². The molecule has 2 aliphatic heterocycles. The predicted octanol–water partition coefficient (Wildman–Crippen LogP) is 0.529. The van der Waals surface area contributed by atoms with Gasteiger partial charge in [0.1, 0.15) is 0 Å². The Bertz CT molecular complexity index is 315. The third kappa shape index (κ3) is 3.35. The van der Waals surface area contributed by atoms with E-state index in [1.807, 2.05) is 0 Å². The molecule has 0 saturated carbocycles. The Morgan fingerprint density at radius 3 is 2.83 bits per heavy atom. The molecule has 102 valence electrons. The van der Waals surface area contributed by atoms with Gasteiger partial charge in [0.2, 0.25) is 0 Å². The van der Waals surface area contributed by atoms with Gasteiger partial charge in [0.05, 0.1) is 12.5 Å². The Morgan fingerprint density at radius 2 is 2.22 bits per heavy atom. The zero-order valence-electron chi connectivity index (χ0n) is 10.4. The van der Waals surface area contributed by atoms with Gasteiger partial charge in [-0.25, -0.2) is 4.79 Å². The molecule has 2 N–H and O–H groups in total. The normalized spacial score (nSPS) is 28.1. The molecule has 6 heteroatoms. The van der Waals surface area contributed by atoms with E-state index in [0.29, 0.717) is 38.6 Å². The van der Waals surface area contributed by atoms with Gasteiger partial charge >= 0.3 is 12.0 Å². The second-order valence-corrected chi connectivity index (χ2v) is 5.04. The van der Waals surface area contributed by atoms with Gasteiger partial charge in [-0.3, -0.25) is 4.79 Å². The Hall–Kier alpha value is -1.30. The number of carbonyl (C=O) groups is 2. The number of carboxylic acid groups (broad SMARTS) is 1. The number of urea groups is 1. The number of nitrogens with one attached hydrogen (secondary N) is 1. The van der Waals surface area contributed by atoms with Crippen LogP contribution >= 0.6 is 0 Å². The number of nitrogens with zero attached hydrogens (tertiary/aromatic N) is 1. The summed E-state index contributed by atoms with van der Waals surface area (Å²) in [6.07, 6.45) is 2.68. The van der Waals surface area contributed by atoms with Crippen LogP contribution in [0.5, 0.6) is 0 Å². The highest BCUT2D eigenvalue weighted by molar-refractivity contribution is 5.77. The number of hydrogen-bond acceptors (Lipinski definition) is 3. The van der Waals surface area contributed by atoms with Crippen molar-refractivity contribution in [3.63, 3.8) is 0 Å². The van der Waals surface area contributed by atoms with Gasteiger partial charge < -0.3 is 20.1 Å². The number of rotatable bonds is 3. The topological polar surface area (TPSA) is 78.9 Å². The fourth-order valence-electron chi connectivity index (χ4n) is 2.46. The van der Waals surface area contributed by atoms with Crippen LogP contribution in [0.1, 0.15) is 19.3 Å². The zero-order chi connectivity index (χ0) is 13.0. The summed E-state index contributed by atoms with van der Waals surface area (Å²) in [7, 11) is 0. The summed E-state index contributed by atoms with van der Waals surface area (Å²) in [5.74, 6) is -0.833. The molecule has 2 unspecified atom stereocenters. The van der Waals surface area contributed by atoms with Crippen molar-refractivity contribution in [2.75, 3.05) is 32.8 Å². The van der Waals surface area contributed by atoms with E-state index in [0.717, 1.165) is 19.4 Å². The monoisotopic (exact) mass is 256 g/mol. The highest BCUT2D eigenvalue weighted by atomic mass is 16.5. The molecule has 2 heterocycles. The number of aliphatic carboxylic acids is 1. The van der Waals surface area contributed by atoms with Crippen LogP contribution in [0.15, 0.2) is 0 Å². The SMILES string of the molecule is O=C(O)C1CCN(C(=O)NCC2CCCOC2)C1. The second-order valence-electron chi connectivity index (χ2n) is 5.04. The average molecular weight is 256 g/mol. The smallest absolute Gasteiger partial charge is 0.317 e. The van der Waals surface area contributed by atoms with Gasteiger partial charge in [0.25, 0.3) is 0 Å². The number of amides is 2. The van der Waals surface area contributed by atoms with Crippen molar-refractivity contribution >= 4 is 12.0 Å². The molecule has 0 radical (unpaired) electrons. The standard InChI is InChI=1S/C12H20N2O4/c15-11(16)10-3-4-14(7-10)12(17)13-6-9-2-1-5-18-8-9/h9-10H,1-8H2,(H,13,17)(H,15,16). The fourth-order valence-corrected chi connectivity index (χ4v) is 2.46. The summed E-state index contributed by atoms with van der Waals surface area (Å²) in [5.41, 5.74) is 0. The summed E-state index contributed by atoms with van der Waals surface area (Å²) in [5, 5.41) is 11.7. The molecule has 0 aromatic rings. The van der Waals surface area contributed by atoms with Gasteiger partial charge in [-0.05, 0) is 25.2 Å². The molecular weight excluding hydrogens is 236 g/mol. The van der Waals surface area contributed by atoms with Gasteiger partial charge in [-0.2, -0.15) is 0 Å². The van der Waals surface area contributed by atoms with E-state index in [-0.39, 0.29) is 6.03 Å². The number of likely N-dealkylation sites (tertiary alicyclic amines) is 1. The summed E-state index contributed by atoms with van der Waals surface area (Å²) in [4.78, 5) is 24.2. The highest BCUT2D eigenvalue weighted by Gasteiger charge is 2.30. The summed E-state index contributed by atoms with van der Waals surface area (Å²) < 4.78 is 5.35. The Labute approximate surface area is 106 Å². The Morgan fingerprint density at radius 1 is 1.39 bits per heavy atom. The first-order valence-corrected chi connectivity index (χ1v) is 6.50. The summed E-state index contributed by atoms with van der Waals surface area (Å²) in [6, 6.07) is -0.149. The van der Waals surface area contributed by atoms with E-state index in [9.17, 15) is 9.59 Å². The molecule has 2 aliphatic rings. The van der Waals surface area contributed by atoms with Crippen LogP contribution in [0.3, 0.4) is 0 Å². The third-order valence-electron chi connectivity index (χ3n) is 3.62. The first-order valence-electron chi connectivity index (χ1n) is 6.50. The highest BCUT2D eigenvalue weighted by Crippen LogP contribution is 2.17. The predicted molar refractivity (Wildman–Crippen MR) is 64.3 cm³/mol. The van der Waals surface area contributed by atoms with Crippen molar-refractivity contribution in [1.29, 1.82) is 0 Å². The third-order valence-corrected chi connectivity index (χ3v) is 3.62. The van der Waals surface area contributed by atoms with Crippen LogP contribution in [0, 0.1) is 11.8 Å². The molecule has 18 heavy (non-hydrogen) atoms. The van der Waals surface area contributed by atoms with Crippen LogP contribution in [-0.4, -0.2) is 54.9 Å². The van der Waals surface area contributed by atoms with Crippen LogP contribution in [-0.2, 0) is 9.53 Å². The zero-order valence-corrected chi connectivity index (χ0v) is 10.4. The van der Waals surface area contributed by atoms with E-state index < -0.39 is 11.9 Å². The quantitative estimate of drug-likeness (QED) is 0.772. The Kier molecular flexibility index (Phi) is 4.41. The molecule has 0 aliphatic carbocycles. The molecule has 0 aromatic carbocycles. The van der Waals surface area contributed by atoms with Crippen molar-refractivity contribution in [3.05, 3.63) is 0 Å². The van der Waals surface area contributed by atoms with Gasteiger partial charge in [0, 0.05) is 26.2 Å². The van der Waals surface area contributed by atoms with Gasteiger partial charge in [-0.1, -0.05) is 0 Å². The molecule has 0 spiro atoms. The van der Waals surface area contributed by atoms with Crippen LogP contribution in [0.4, 0.5) is 4.79 Å². The van der Waals surface area contributed by atoms with E-state index >= 15 is 0 Å². The van der Waals surface area contributed by atoms with Crippen molar-refractivity contribution in [3.8, 4) is 0 Å². The summed E-state index contributed by atoms with van der Waals surface area (Å²) in [6.45, 7) is 2.99. The minimum Gasteiger partial charge on any atom is -0.481 e. The van der Waals surface area contributed by atoms with Gasteiger partial charge in [0.15, 0.2) is 0 Å². The molecule has 2 fully saturated rings. The number of hydrogen-bond donors (Lipinski definition) is 2. The Balaban J connectivity index is 1.70. The van der Waals surface area contributed by atoms with Gasteiger partial charge in [-0.15, -0.1) is 0 Å². The number of carboxylic acids is 1. The summed E-state index contributed by atoms with van der Waals surface area (Å²) >= 11 is 0. The molecule has 2 amide bonds. The minimum atomic E-state index is -0.814. The maximum absolute atomic E-state index is 11.8. The van der Waals surface area contributed by atoms with E-state index in [2.05, 4.69) is 5.32 Å². The molecule has 6 nitrogen and oxygen atoms in total. The molecular formula is C12H20N2O4. The number of carbonyl (C=O) groups excluding carboxylic acids is 1. The van der Waals surface area contributed by atoms with Crippen LogP contribution in [0.2, 0.25) is 0 Å². The first-order chi connectivity index (χ1) is 8.66. The lowest BCUT2D eigenvalue weighted by Gasteiger charge is -2.24. The lowest BCUT2D eigenvalue weighted by atomic mass is 10.0. The molecule has 2 atom stereocenters. The van der Waals surface area contributed by atoms with E-state index in [1.165, 1.54) is 0 Å². The lowest BCUT2D eigenvalue weighted by Crippen LogP contribution is -2.42. The van der Waals surface area contributed by atoms with Crippen molar-refractivity contribution in [1.82, 2.24) is 10.2 Å². The lowest BCUT2D eigenvalue weighted by molar-refractivity contribution is -0.141.